The number of benzene rings is 2. The molecule has 0 saturated carbocycles. The summed E-state index contributed by atoms with van der Waals surface area (Å²) in [5, 5.41) is 10.7. The van der Waals surface area contributed by atoms with E-state index < -0.39 is 6.61 Å². The number of para-hydroxylation sites is 1. The molecule has 0 amide bonds. The molecule has 6 nitrogen and oxygen atoms in total. The number of ether oxygens (including phenoxy) is 1. The van der Waals surface area contributed by atoms with E-state index in [2.05, 4.69) is 37.6 Å². The third-order valence-electron chi connectivity index (χ3n) is 4.19. The summed E-state index contributed by atoms with van der Waals surface area (Å²) < 4.78 is 31.5. The van der Waals surface area contributed by atoms with Crippen LogP contribution in [0.5, 0.6) is 5.75 Å². The zero-order valence-corrected chi connectivity index (χ0v) is 16.1. The van der Waals surface area contributed by atoms with E-state index in [9.17, 15) is 8.78 Å². The fraction of sp³-hybridized carbons (Fsp3) is 0.238. The molecule has 152 valence electrons. The normalized spacial score (nSPS) is 11.5. The van der Waals surface area contributed by atoms with Crippen molar-refractivity contribution >= 4 is 5.96 Å². The maximum Gasteiger partial charge on any atom is 0.387 e. The first-order valence-electron chi connectivity index (χ1n) is 9.16. The molecule has 0 aliphatic heterocycles. The van der Waals surface area contributed by atoms with Crippen molar-refractivity contribution in [3.8, 4) is 5.75 Å². The smallest absolute Gasteiger partial charge is 0.387 e. The predicted molar refractivity (Wildman–Crippen MR) is 108 cm³/mol. The number of halogens is 2. The summed E-state index contributed by atoms with van der Waals surface area (Å²) in [6.07, 6.45) is 3.77. The van der Waals surface area contributed by atoms with Crippen molar-refractivity contribution in [2.75, 3.05) is 7.05 Å². The molecule has 2 N–H and O–H groups in total. The van der Waals surface area contributed by atoms with Gasteiger partial charge in [-0.05, 0) is 11.6 Å². The maximum absolute atomic E-state index is 12.5. The number of aromatic nitrogens is 2. The number of rotatable bonds is 8. The van der Waals surface area contributed by atoms with Crippen molar-refractivity contribution in [1.29, 1.82) is 0 Å². The number of aliphatic imine (C=N–C) groups is 1. The van der Waals surface area contributed by atoms with E-state index in [-0.39, 0.29) is 5.75 Å². The molecule has 0 fully saturated rings. The van der Waals surface area contributed by atoms with Crippen LogP contribution in [-0.4, -0.2) is 29.4 Å². The van der Waals surface area contributed by atoms with Gasteiger partial charge in [-0.25, -0.2) is 0 Å². The van der Waals surface area contributed by atoms with Crippen LogP contribution in [0.4, 0.5) is 8.78 Å². The lowest BCUT2D eigenvalue weighted by Gasteiger charge is -2.14. The average molecular weight is 399 g/mol. The molecule has 1 aromatic heterocycles. The first-order chi connectivity index (χ1) is 14.1. The molecule has 3 aromatic rings. The van der Waals surface area contributed by atoms with Crippen LogP contribution in [0, 0.1) is 0 Å². The molecule has 0 unspecified atom stereocenters. The van der Waals surface area contributed by atoms with E-state index in [1.54, 1.807) is 31.4 Å². The largest absolute Gasteiger partial charge is 0.434 e. The summed E-state index contributed by atoms with van der Waals surface area (Å²) in [4.78, 5) is 4.16. The van der Waals surface area contributed by atoms with Crippen molar-refractivity contribution in [3.63, 3.8) is 0 Å². The Morgan fingerprint density at radius 3 is 2.52 bits per heavy atom. The first-order valence-corrected chi connectivity index (χ1v) is 9.16. The average Bonchev–Trinajstić information content (AvgIpc) is 3.17. The van der Waals surface area contributed by atoms with Gasteiger partial charge in [0, 0.05) is 37.5 Å². The highest BCUT2D eigenvalue weighted by molar-refractivity contribution is 5.79. The topological polar surface area (TPSA) is 63.5 Å². The summed E-state index contributed by atoms with van der Waals surface area (Å²) in [6, 6.07) is 16.8. The van der Waals surface area contributed by atoms with E-state index >= 15 is 0 Å². The fourth-order valence-corrected chi connectivity index (χ4v) is 2.80. The Bertz CT molecular complexity index is 928. The first kappa shape index (κ1) is 20.3. The van der Waals surface area contributed by atoms with Crippen molar-refractivity contribution in [2.24, 2.45) is 4.99 Å². The summed E-state index contributed by atoms with van der Waals surface area (Å²) in [7, 11) is 1.65. The minimum Gasteiger partial charge on any atom is -0.434 e. The fourth-order valence-electron chi connectivity index (χ4n) is 2.80. The number of guanidine groups is 1. The SMILES string of the molecule is CN=C(NCc1cnn(Cc2ccccc2)c1)NCc1ccccc1OC(F)F. The molecular weight excluding hydrogens is 376 g/mol. The van der Waals surface area contributed by atoms with Gasteiger partial charge in [-0.1, -0.05) is 48.5 Å². The Labute approximate surface area is 168 Å². The van der Waals surface area contributed by atoms with Crippen LogP contribution in [-0.2, 0) is 19.6 Å². The van der Waals surface area contributed by atoms with Crippen molar-refractivity contribution in [3.05, 3.63) is 83.7 Å². The molecular formula is C21H23F2N5O. The second kappa shape index (κ2) is 10.2. The second-order valence-corrected chi connectivity index (χ2v) is 6.30. The molecule has 2 aromatic carbocycles. The van der Waals surface area contributed by atoms with Gasteiger partial charge in [-0.3, -0.25) is 9.67 Å². The van der Waals surface area contributed by atoms with Gasteiger partial charge >= 0.3 is 6.61 Å². The Kier molecular flexibility index (Phi) is 7.16. The lowest BCUT2D eigenvalue weighted by atomic mass is 10.2. The van der Waals surface area contributed by atoms with E-state index in [0.717, 1.165) is 5.56 Å². The highest BCUT2D eigenvalue weighted by Crippen LogP contribution is 2.19. The van der Waals surface area contributed by atoms with Gasteiger partial charge in [0.05, 0.1) is 12.7 Å². The molecule has 0 saturated heterocycles. The van der Waals surface area contributed by atoms with E-state index in [4.69, 9.17) is 0 Å². The number of nitrogens with one attached hydrogen (secondary N) is 2. The third kappa shape index (κ3) is 6.31. The molecule has 29 heavy (non-hydrogen) atoms. The van der Waals surface area contributed by atoms with Gasteiger partial charge in [0.2, 0.25) is 0 Å². The van der Waals surface area contributed by atoms with E-state index in [0.29, 0.717) is 31.2 Å². The summed E-state index contributed by atoms with van der Waals surface area (Å²) in [5.41, 5.74) is 2.80. The van der Waals surface area contributed by atoms with Gasteiger partial charge < -0.3 is 15.4 Å². The Morgan fingerprint density at radius 1 is 1.03 bits per heavy atom. The molecule has 8 heteroatoms. The zero-order chi connectivity index (χ0) is 20.5. The molecule has 0 aliphatic rings. The Balaban J connectivity index is 1.51. The number of hydrogen-bond donors (Lipinski definition) is 2. The lowest BCUT2D eigenvalue weighted by Crippen LogP contribution is -2.36. The highest BCUT2D eigenvalue weighted by Gasteiger charge is 2.09. The van der Waals surface area contributed by atoms with Crippen LogP contribution in [0.1, 0.15) is 16.7 Å². The molecule has 1 heterocycles. The Hall–Kier alpha value is -3.42. The third-order valence-corrected chi connectivity index (χ3v) is 4.19. The summed E-state index contributed by atoms with van der Waals surface area (Å²) in [5.74, 6) is 0.695. The minimum absolute atomic E-state index is 0.146. The minimum atomic E-state index is -2.86. The molecule has 3 rings (SSSR count). The van der Waals surface area contributed by atoms with Crippen LogP contribution in [0.25, 0.3) is 0 Å². The van der Waals surface area contributed by atoms with Crippen LogP contribution >= 0.6 is 0 Å². The monoisotopic (exact) mass is 399 g/mol. The van der Waals surface area contributed by atoms with Crippen molar-refractivity contribution < 1.29 is 13.5 Å². The lowest BCUT2D eigenvalue weighted by molar-refractivity contribution is -0.0504. The highest BCUT2D eigenvalue weighted by atomic mass is 19.3. The van der Waals surface area contributed by atoms with Crippen LogP contribution < -0.4 is 15.4 Å². The van der Waals surface area contributed by atoms with Gasteiger partial charge in [-0.15, -0.1) is 0 Å². The maximum atomic E-state index is 12.5. The molecule has 0 radical (unpaired) electrons. The number of nitrogens with zero attached hydrogens (tertiary/aromatic N) is 3. The molecule has 0 atom stereocenters. The Morgan fingerprint density at radius 2 is 1.76 bits per heavy atom. The molecule has 0 bridgehead atoms. The van der Waals surface area contributed by atoms with Crippen molar-refractivity contribution in [2.45, 2.75) is 26.2 Å². The van der Waals surface area contributed by atoms with Gasteiger partial charge in [0.25, 0.3) is 0 Å². The van der Waals surface area contributed by atoms with Gasteiger partial charge in [0.1, 0.15) is 5.75 Å². The van der Waals surface area contributed by atoms with Gasteiger partial charge in [-0.2, -0.15) is 13.9 Å². The summed E-state index contributed by atoms with van der Waals surface area (Å²) >= 11 is 0. The number of hydrogen-bond acceptors (Lipinski definition) is 3. The second-order valence-electron chi connectivity index (χ2n) is 6.30. The van der Waals surface area contributed by atoms with E-state index in [1.807, 2.05) is 29.1 Å². The predicted octanol–water partition coefficient (Wildman–Crippen LogP) is 3.40. The van der Waals surface area contributed by atoms with Crippen molar-refractivity contribution in [1.82, 2.24) is 20.4 Å². The van der Waals surface area contributed by atoms with Gasteiger partial charge in [0.15, 0.2) is 5.96 Å². The summed E-state index contributed by atoms with van der Waals surface area (Å²) in [6.45, 7) is -1.32. The van der Waals surface area contributed by atoms with Crippen LogP contribution in [0.3, 0.4) is 0 Å². The quantitative estimate of drug-likeness (QED) is 0.450. The van der Waals surface area contributed by atoms with E-state index in [1.165, 1.54) is 11.6 Å². The molecule has 0 spiro atoms. The van der Waals surface area contributed by atoms with Crippen LogP contribution in [0.15, 0.2) is 72.0 Å². The molecule has 0 aliphatic carbocycles. The van der Waals surface area contributed by atoms with Crippen LogP contribution in [0.2, 0.25) is 0 Å². The number of alkyl halides is 2. The zero-order valence-electron chi connectivity index (χ0n) is 16.1. The standard InChI is InChI=1S/C21H23F2N5O/c1-24-21(26-13-18-9-5-6-10-19(18)29-20(22)23)25-11-17-12-27-28(15-17)14-16-7-3-2-4-8-16/h2-10,12,15,20H,11,13-14H2,1H3,(H2,24,25,26).